The standard InChI is InChI=1S/C10H12N3O/c1-2-9(10(14)13-12)7-3-5-8(11)6-4-7/h3-6,9H,2,11H2,1H3/q-1. The van der Waals surface area contributed by atoms with Crippen LogP contribution in [0, 0.1) is 0 Å². The van der Waals surface area contributed by atoms with Gasteiger partial charge >= 0.3 is 0 Å². The SMILES string of the molecule is CCC(C(=O)N=[N-])c1ccc(N)cc1. The molecule has 1 atom stereocenters. The Labute approximate surface area is 82.6 Å². The second-order valence-corrected chi connectivity index (χ2v) is 3.07. The van der Waals surface area contributed by atoms with E-state index < -0.39 is 5.91 Å². The molecule has 0 spiro atoms. The Bertz CT molecular complexity index is 332. The van der Waals surface area contributed by atoms with Crippen molar-refractivity contribution in [2.45, 2.75) is 19.3 Å². The molecule has 1 amide bonds. The van der Waals surface area contributed by atoms with Crippen LogP contribution in [0.2, 0.25) is 0 Å². The lowest BCUT2D eigenvalue weighted by atomic mass is 9.96. The molecule has 0 radical (unpaired) electrons. The van der Waals surface area contributed by atoms with Gasteiger partial charge in [0, 0.05) is 5.69 Å². The number of amides is 1. The molecule has 74 valence electrons. The van der Waals surface area contributed by atoms with Gasteiger partial charge in [-0.1, -0.05) is 19.1 Å². The molecule has 1 unspecified atom stereocenters. The van der Waals surface area contributed by atoms with Crippen LogP contribution in [0.4, 0.5) is 5.69 Å². The minimum Gasteiger partial charge on any atom is -0.704 e. The van der Waals surface area contributed by atoms with Gasteiger partial charge in [0.25, 0.3) is 0 Å². The first-order valence-corrected chi connectivity index (χ1v) is 4.43. The highest BCUT2D eigenvalue weighted by molar-refractivity contribution is 5.84. The molecule has 1 rings (SSSR count). The molecule has 0 saturated heterocycles. The second kappa shape index (κ2) is 4.50. The van der Waals surface area contributed by atoms with Gasteiger partial charge in [0.1, 0.15) is 0 Å². The number of nitrogen functional groups attached to an aromatic ring is 1. The lowest BCUT2D eigenvalue weighted by Crippen LogP contribution is -2.08. The van der Waals surface area contributed by atoms with Crippen LogP contribution in [-0.4, -0.2) is 5.91 Å². The molecule has 14 heavy (non-hydrogen) atoms. The molecule has 0 heterocycles. The van der Waals surface area contributed by atoms with Gasteiger partial charge in [0.05, 0.1) is 5.92 Å². The number of hydrogen-bond donors (Lipinski definition) is 1. The van der Waals surface area contributed by atoms with Crippen LogP contribution in [0.1, 0.15) is 24.8 Å². The van der Waals surface area contributed by atoms with Crippen LogP contribution in [0.25, 0.3) is 5.53 Å². The summed E-state index contributed by atoms with van der Waals surface area (Å²) in [4.78, 5) is 11.2. The fourth-order valence-corrected chi connectivity index (χ4v) is 1.35. The molecule has 4 nitrogen and oxygen atoms in total. The summed E-state index contributed by atoms with van der Waals surface area (Å²) >= 11 is 0. The van der Waals surface area contributed by atoms with Gasteiger partial charge in [-0.15, -0.1) is 0 Å². The van der Waals surface area contributed by atoms with Crippen LogP contribution in [0.15, 0.2) is 29.4 Å². The van der Waals surface area contributed by atoms with Crippen molar-refractivity contribution in [2.75, 3.05) is 5.73 Å². The lowest BCUT2D eigenvalue weighted by Gasteiger charge is -2.12. The molecule has 0 aromatic heterocycles. The predicted octanol–water partition coefficient (Wildman–Crippen LogP) is 2.31. The average molecular weight is 190 g/mol. The first-order chi connectivity index (χ1) is 6.69. The van der Waals surface area contributed by atoms with Crippen LogP contribution in [-0.2, 0) is 4.79 Å². The summed E-state index contributed by atoms with van der Waals surface area (Å²) in [5.74, 6) is -0.891. The van der Waals surface area contributed by atoms with Crippen molar-refractivity contribution in [3.8, 4) is 0 Å². The number of nitrogens with zero attached hydrogens (tertiary/aromatic N) is 2. The van der Waals surface area contributed by atoms with E-state index in [0.717, 1.165) is 5.56 Å². The minimum atomic E-state index is -0.516. The molecule has 0 bridgehead atoms. The summed E-state index contributed by atoms with van der Waals surface area (Å²) in [5, 5.41) is 2.69. The van der Waals surface area contributed by atoms with E-state index >= 15 is 0 Å². The number of carbonyl (C=O) groups is 1. The van der Waals surface area contributed by atoms with Gasteiger partial charge in [-0.2, -0.15) is 0 Å². The lowest BCUT2D eigenvalue weighted by molar-refractivity contribution is -0.119. The Morgan fingerprint density at radius 1 is 1.50 bits per heavy atom. The van der Waals surface area contributed by atoms with Crippen LogP contribution in [0.3, 0.4) is 0 Å². The van der Waals surface area contributed by atoms with Gasteiger partial charge in [-0.05, 0) is 24.1 Å². The van der Waals surface area contributed by atoms with Gasteiger partial charge in [-0.25, -0.2) is 0 Å². The normalized spacial score (nSPS) is 12.1. The summed E-state index contributed by atoms with van der Waals surface area (Å²) in [6, 6.07) is 6.99. The Morgan fingerprint density at radius 2 is 2.07 bits per heavy atom. The van der Waals surface area contributed by atoms with Gasteiger partial charge in [-0.3, -0.25) is 4.79 Å². The van der Waals surface area contributed by atoms with Crippen molar-refractivity contribution >= 4 is 11.6 Å². The van der Waals surface area contributed by atoms with Gasteiger partial charge in [0.15, 0.2) is 0 Å². The number of hydrogen-bond acceptors (Lipinski definition) is 2. The van der Waals surface area contributed by atoms with Crippen molar-refractivity contribution in [2.24, 2.45) is 5.11 Å². The third kappa shape index (κ3) is 2.16. The third-order valence-electron chi connectivity index (χ3n) is 2.14. The van der Waals surface area contributed by atoms with Crippen molar-refractivity contribution < 1.29 is 4.79 Å². The zero-order valence-corrected chi connectivity index (χ0v) is 7.97. The molecule has 0 saturated carbocycles. The Balaban J connectivity index is 2.95. The van der Waals surface area contributed by atoms with E-state index in [2.05, 4.69) is 5.11 Å². The summed E-state index contributed by atoms with van der Waals surface area (Å²) in [6.45, 7) is 1.87. The van der Waals surface area contributed by atoms with E-state index in [-0.39, 0.29) is 5.92 Å². The van der Waals surface area contributed by atoms with E-state index in [4.69, 9.17) is 11.3 Å². The third-order valence-corrected chi connectivity index (χ3v) is 2.14. The topological polar surface area (TPSA) is 77.8 Å². The largest absolute Gasteiger partial charge is 0.704 e. The summed E-state index contributed by atoms with van der Waals surface area (Å²) in [6.07, 6.45) is 0.604. The van der Waals surface area contributed by atoms with Crippen molar-refractivity contribution in [1.82, 2.24) is 0 Å². The molecule has 1 aromatic carbocycles. The molecule has 1 aromatic rings. The average Bonchev–Trinajstić information content (AvgIpc) is 2.21. The molecule has 2 N–H and O–H groups in total. The maximum atomic E-state index is 11.2. The second-order valence-electron chi connectivity index (χ2n) is 3.07. The molecule has 0 aliphatic rings. The first kappa shape index (κ1) is 10.4. The summed E-state index contributed by atoms with van der Waals surface area (Å²) in [5.41, 5.74) is 15.4. The van der Waals surface area contributed by atoms with Crippen LogP contribution in [0.5, 0.6) is 0 Å². The molecule has 4 heteroatoms. The van der Waals surface area contributed by atoms with Crippen LogP contribution >= 0.6 is 0 Å². The van der Waals surface area contributed by atoms with E-state index in [1.165, 1.54) is 0 Å². The van der Waals surface area contributed by atoms with Gasteiger partial charge in [0.2, 0.25) is 5.91 Å². The zero-order valence-electron chi connectivity index (χ0n) is 7.97. The highest BCUT2D eigenvalue weighted by atomic mass is 16.1. The number of rotatable bonds is 3. The van der Waals surface area contributed by atoms with Gasteiger partial charge < -0.3 is 16.4 Å². The molecular formula is C10H12N3O-. The first-order valence-electron chi connectivity index (χ1n) is 4.43. The number of benzene rings is 1. The Morgan fingerprint density at radius 3 is 2.50 bits per heavy atom. The molecule has 0 aliphatic carbocycles. The molecule has 0 aliphatic heterocycles. The van der Waals surface area contributed by atoms with E-state index in [1.807, 2.05) is 6.92 Å². The summed E-state index contributed by atoms with van der Waals surface area (Å²) in [7, 11) is 0. The molecule has 0 fully saturated rings. The minimum absolute atomic E-state index is 0.374. The van der Waals surface area contributed by atoms with E-state index in [1.54, 1.807) is 24.3 Å². The van der Waals surface area contributed by atoms with Crippen LogP contribution < -0.4 is 5.73 Å². The van der Waals surface area contributed by atoms with E-state index in [0.29, 0.717) is 12.1 Å². The highest BCUT2D eigenvalue weighted by Crippen LogP contribution is 2.21. The zero-order chi connectivity index (χ0) is 10.6. The Kier molecular flexibility index (Phi) is 3.34. The van der Waals surface area contributed by atoms with Crippen molar-refractivity contribution in [3.63, 3.8) is 0 Å². The fraction of sp³-hybridized carbons (Fsp3) is 0.300. The van der Waals surface area contributed by atoms with Crippen molar-refractivity contribution in [3.05, 3.63) is 35.4 Å². The maximum Gasteiger partial charge on any atom is 0.233 e. The Hall–Kier alpha value is -1.71. The maximum absolute atomic E-state index is 11.2. The smallest absolute Gasteiger partial charge is 0.233 e. The van der Waals surface area contributed by atoms with E-state index in [9.17, 15) is 4.79 Å². The number of nitrogens with two attached hydrogens (primary N) is 1. The summed E-state index contributed by atoms with van der Waals surface area (Å²) < 4.78 is 0. The molecular weight excluding hydrogens is 178 g/mol. The number of anilines is 1. The fourth-order valence-electron chi connectivity index (χ4n) is 1.35. The number of carbonyl (C=O) groups excluding carboxylic acids is 1. The van der Waals surface area contributed by atoms with Crippen molar-refractivity contribution in [1.29, 1.82) is 0 Å². The monoisotopic (exact) mass is 190 g/mol. The quantitative estimate of drug-likeness (QED) is 0.586. The predicted molar refractivity (Wildman–Crippen MR) is 54.7 cm³/mol. The highest BCUT2D eigenvalue weighted by Gasteiger charge is 2.15.